The van der Waals surface area contributed by atoms with E-state index in [1.807, 2.05) is 0 Å². The molecule has 0 saturated heterocycles. The maximum atomic E-state index is 13.0. The molecule has 1 heterocycles. The van der Waals surface area contributed by atoms with E-state index in [9.17, 15) is 17.6 Å². The first kappa shape index (κ1) is 20.5. The van der Waals surface area contributed by atoms with Crippen molar-refractivity contribution in [3.63, 3.8) is 0 Å². The number of aliphatic imine (C=N–C) groups is 1. The number of aryl methyl sites for hydroxylation is 1. The molecule has 0 aliphatic heterocycles. The average molecular weight is 387 g/mol. The van der Waals surface area contributed by atoms with Crippen LogP contribution < -0.4 is 10.1 Å². The number of hydrogen-bond acceptors (Lipinski definition) is 3. The number of ether oxygens (including phenoxy) is 1. The fraction of sp³-hybridized carbons (Fsp3) is 0.412. The standard InChI is InChI=1S/C17H21F4N5O/c1-22-16(23-10-12-11-26(3)24-15(12)17(19,20)21)25(2)8-9-27-14-6-4-13(18)5-7-14/h4-7,11H,8-10H2,1-3H3,(H,22,23). The number of halogens is 4. The molecule has 0 unspecified atom stereocenters. The second kappa shape index (κ2) is 8.74. The second-order valence-corrected chi connectivity index (χ2v) is 5.80. The molecule has 148 valence electrons. The Bertz CT molecular complexity index is 771. The summed E-state index contributed by atoms with van der Waals surface area (Å²) in [7, 11) is 4.71. The number of nitrogens with zero attached hydrogens (tertiary/aromatic N) is 4. The van der Waals surface area contributed by atoms with E-state index in [0.717, 1.165) is 4.68 Å². The van der Waals surface area contributed by atoms with Gasteiger partial charge in [0.05, 0.1) is 6.54 Å². The van der Waals surface area contributed by atoms with Gasteiger partial charge in [0.15, 0.2) is 11.7 Å². The quantitative estimate of drug-likeness (QED) is 0.470. The van der Waals surface area contributed by atoms with Gasteiger partial charge in [-0.2, -0.15) is 18.3 Å². The van der Waals surface area contributed by atoms with E-state index in [0.29, 0.717) is 24.9 Å². The Kier molecular flexibility index (Phi) is 6.65. The van der Waals surface area contributed by atoms with Crippen LogP contribution in [-0.2, 0) is 19.8 Å². The number of likely N-dealkylation sites (N-methyl/N-ethyl adjacent to an activating group) is 1. The number of nitrogens with one attached hydrogen (secondary N) is 1. The summed E-state index contributed by atoms with van der Waals surface area (Å²) in [5, 5.41) is 6.36. The third-order valence-corrected chi connectivity index (χ3v) is 3.69. The molecule has 0 aliphatic carbocycles. The highest BCUT2D eigenvalue weighted by atomic mass is 19.4. The van der Waals surface area contributed by atoms with Gasteiger partial charge in [-0.25, -0.2) is 4.39 Å². The van der Waals surface area contributed by atoms with Crippen LogP contribution in [0.15, 0.2) is 35.5 Å². The lowest BCUT2D eigenvalue weighted by Gasteiger charge is -2.22. The summed E-state index contributed by atoms with van der Waals surface area (Å²) in [4.78, 5) is 5.77. The zero-order valence-corrected chi connectivity index (χ0v) is 15.2. The number of aromatic nitrogens is 2. The van der Waals surface area contributed by atoms with Crippen LogP contribution in [0.4, 0.5) is 17.6 Å². The van der Waals surface area contributed by atoms with Crippen LogP contribution >= 0.6 is 0 Å². The summed E-state index contributed by atoms with van der Waals surface area (Å²) in [6.07, 6.45) is -3.20. The minimum absolute atomic E-state index is 0.0297. The number of hydrogen-bond donors (Lipinski definition) is 1. The maximum absolute atomic E-state index is 13.0. The van der Waals surface area contributed by atoms with Gasteiger partial charge in [-0.15, -0.1) is 0 Å². The second-order valence-electron chi connectivity index (χ2n) is 5.80. The Morgan fingerprint density at radius 2 is 1.96 bits per heavy atom. The predicted molar refractivity (Wildman–Crippen MR) is 92.9 cm³/mol. The number of guanidine groups is 1. The smallest absolute Gasteiger partial charge is 0.435 e. The predicted octanol–water partition coefficient (Wildman–Crippen LogP) is 2.66. The van der Waals surface area contributed by atoms with Crippen molar-refractivity contribution in [2.24, 2.45) is 12.0 Å². The summed E-state index contributed by atoms with van der Waals surface area (Å²) in [6.45, 7) is 0.651. The van der Waals surface area contributed by atoms with Crippen molar-refractivity contribution in [1.29, 1.82) is 0 Å². The van der Waals surface area contributed by atoms with Gasteiger partial charge in [-0.05, 0) is 24.3 Å². The van der Waals surface area contributed by atoms with E-state index in [4.69, 9.17) is 4.74 Å². The van der Waals surface area contributed by atoms with E-state index in [2.05, 4.69) is 15.4 Å². The average Bonchev–Trinajstić information content (AvgIpc) is 2.98. The third-order valence-electron chi connectivity index (χ3n) is 3.69. The van der Waals surface area contributed by atoms with Gasteiger partial charge >= 0.3 is 6.18 Å². The highest BCUT2D eigenvalue weighted by Crippen LogP contribution is 2.30. The largest absolute Gasteiger partial charge is 0.492 e. The van der Waals surface area contributed by atoms with Crippen molar-refractivity contribution in [3.8, 4) is 5.75 Å². The summed E-state index contributed by atoms with van der Waals surface area (Å²) >= 11 is 0. The van der Waals surface area contributed by atoms with Crippen molar-refractivity contribution in [2.75, 3.05) is 27.2 Å². The van der Waals surface area contributed by atoms with Crippen LogP contribution in [0.25, 0.3) is 0 Å². The normalized spacial score (nSPS) is 12.2. The molecule has 6 nitrogen and oxygen atoms in total. The number of benzene rings is 1. The van der Waals surface area contributed by atoms with Crippen molar-refractivity contribution >= 4 is 5.96 Å². The molecule has 1 aromatic heterocycles. The molecule has 2 rings (SSSR count). The zero-order valence-electron chi connectivity index (χ0n) is 15.2. The molecule has 1 aromatic carbocycles. The molecule has 0 atom stereocenters. The maximum Gasteiger partial charge on any atom is 0.435 e. The first-order chi connectivity index (χ1) is 12.7. The van der Waals surface area contributed by atoms with Crippen LogP contribution in [0.5, 0.6) is 5.75 Å². The molecule has 27 heavy (non-hydrogen) atoms. The molecule has 0 radical (unpaired) electrons. The summed E-state index contributed by atoms with van der Waals surface area (Å²) in [5.41, 5.74) is -0.891. The Hall–Kier alpha value is -2.78. The molecule has 0 amide bonds. The van der Waals surface area contributed by atoms with Crippen LogP contribution in [0.2, 0.25) is 0 Å². The van der Waals surface area contributed by atoms with Crippen LogP contribution in [-0.4, -0.2) is 47.9 Å². The first-order valence-electron chi connectivity index (χ1n) is 8.10. The van der Waals surface area contributed by atoms with E-state index in [1.54, 1.807) is 11.9 Å². The Morgan fingerprint density at radius 1 is 1.30 bits per heavy atom. The van der Waals surface area contributed by atoms with Gasteiger partial charge in [0.25, 0.3) is 0 Å². The van der Waals surface area contributed by atoms with Gasteiger partial charge < -0.3 is 15.0 Å². The fourth-order valence-corrected chi connectivity index (χ4v) is 2.40. The number of rotatable bonds is 6. The van der Waals surface area contributed by atoms with Gasteiger partial charge in [0.1, 0.15) is 18.2 Å². The molecule has 0 saturated carbocycles. The van der Waals surface area contributed by atoms with E-state index < -0.39 is 11.9 Å². The Labute approximate surface area is 154 Å². The van der Waals surface area contributed by atoms with Gasteiger partial charge in [-0.3, -0.25) is 9.67 Å². The lowest BCUT2D eigenvalue weighted by molar-refractivity contribution is -0.142. The fourth-order valence-electron chi connectivity index (χ4n) is 2.40. The van der Waals surface area contributed by atoms with E-state index in [-0.39, 0.29) is 17.9 Å². The molecular formula is C17H21F4N5O. The summed E-state index contributed by atoms with van der Waals surface area (Å²) < 4.78 is 58.5. The lowest BCUT2D eigenvalue weighted by atomic mass is 10.2. The highest BCUT2D eigenvalue weighted by molar-refractivity contribution is 5.79. The monoisotopic (exact) mass is 387 g/mol. The van der Waals surface area contributed by atoms with Gasteiger partial charge in [0, 0.05) is 39.4 Å². The number of alkyl halides is 3. The molecule has 0 fully saturated rings. The van der Waals surface area contributed by atoms with Crippen molar-refractivity contribution in [1.82, 2.24) is 20.0 Å². The molecule has 0 aliphatic rings. The Morgan fingerprint density at radius 3 is 2.56 bits per heavy atom. The SMILES string of the molecule is CN=C(NCc1cn(C)nc1C(F)(F)F)N(C)CCOc1ccc(F)cc1. The first-order valence-corrected chi connectivity index (χ1v) is 8.10. The molecular weight excluding hydrogens is 366 g/mol. The van der Waals surface area contributed by atoms with Crippen molar-refractivity contribution in [2.45, 2.75) is 12.7 Å². The molecule has 2 aromatic rings. The molecule has 1 N–H and O–H groups in total. The summed E-state index contributed by atoms with van der Waals surface area (Å²) in [6, 6.07) is 5.63. The third kappa shape index (κ3) is 5.87. The highest BCUT2D eigenvalue weighted by Gasteiger charge is 2.36. The van der Waals surface area contributed by atoms with Crippen LogP contribution in [0.1, 0.15) is 11.3 Å². The molecule has 0 bridgehead atoms. The van der Waals surface area contributed by atoms with Crippen molar-refractivity contribution < 1.29 is 22.3 Å². The molecule has 10 heteroatoms. The Balaban J connectivity index is 1.88. The molecule has 0 spiro atoms. The zero-order chi connectivity index (χ0) is 20.0. The minimum Gasteiger partial charge on any atom is -0.492 e. The van der Waals surface area contributed by atoms with Gasteiger partial charge in [0.2, 0.25) is 0 Å². The van der Waals surface area contributed by atoms with E-state index in [1.165, 1.54) is 44.6 Å². The van der Waals surface area contributed by atoms with Crippen LogP contribution in [0, 0.1) is 5.82 Å². The van der Waals surface area contributed by atoms with Gasteiger partial charge in [-0.1, -0.05) is 0 Å². The van der Waals surface area contributed by atoms with Crippen molar-refractivity contribution in [3.05, 3.63) is 47.5 Å². The lowest BCUT2D eigenvalue weighted by Crippen LogP contribution is -2.40. The summed E-state index contributed by atoms with van der Waals surface area (Å²) in [5.74, 6) is 0.588. The van der Waals surface area contributed by atoms with Crippen LogP contribution in [0.3, 0.4) is 0 Å². The van der Waals surface area contributed by atoms with E-state index >= 15 is 0 Å². The topological polar surface area (TPSA) is 54.7 Å². The minimum atomic E-state index is -4.52.